The van der Waals surface area contributed by atoms with Gasteiger partial charge in [-0.05, 0) is 63.9 Å². The third-order valence-electron chi connectivity index (χ3n) is 7.51. The summed E-state index contributed by atoms with van der Waals surface area (Å²) in [7, 11) is 0. The summed E-state index contributed by atoms with van der Waals surface area (Å²) in [6.45, 7) is 9.43. The smallest absolute Gasteiger partial charge is 0.135 e. The van der Waals surface area contributed by atoms with Crippen molar-refractivity contribution in [2.24, 2.45) is 0 Å². The van der Waals surface area contributed by atoms with Crippen LogP contribution in [0.5, 0.6) is 5.75 Å². The molecule has 4 nitrogen and oxygen atoms in total. The molecule has 0 amide bonds. The fraction of sp³-hybridized carbons (Fsp3) is 0.517. The first-order valence-corrected chi connectivity index (χ1v) is 13.2. The van der Waals surface area contributed by atoms with E-state index in [0.717, 1.165) is 43.4 Å². The van der Waals surface area contributed by atoms with Gasteiger partial charge in [0.2, 0.25) is 0 Å². The molecule has 0 saturated carbocycles. The molecule has 3 heterocycles. The van der Waals surface area contributed by atoms with Gasteiger partial charge in [-0.1, -0.05) is 13.3 Å². The van der Waals surface area contributed by atoms with E-state index in [0.29, 0.717) is 17.6 Å². The predicted molar refractivity (Wildman–Crippen MR) is 137 cm³/mol. The van der Waals surface area contributed by atoms with Gasteiger partial charge in [0.15, 0.2) is 0 Å². The normalized spacial score (nSPS) is 21.3. The summed E-state index contributed by atoms with van der Waals surface area (Å²) in [4.78, 5) is 7.27. The summed E-state index contributed by atoms with van der Waals surface area (Å²) in [6, 6.07) is 5.81. The summed E-state index contributed by atoms with van der Waals surface area (Å²) in [6.07, 6.45) is 2.67. The number of nitrogens with one attached hydrogen (secondary N) is 1. The van der Waals surface area contributed by atoms with Crippen LogP contribution in [0, 0.1) is 17.5 Å². The lowest BCUT2D eigenvalue weighted by atomic mass is 9.87. The van der Waals surface area contributed by atoms with Crippen molar-refractivity contribution in [1.29, 1.82) is 0 Å². The van der Waals surface area contributed by atoms with Gasteiger partial charge in [0.1, 0.15) is 35.0 Å². The zero-order valence-corrected chi connectivity index (χ0v) is 21.9. The molecule has 0 unspecified atom stereocenters. The first kappa shape index (κ1) is 26.0. The van der Waals surface area contributed by atoms with Crippen molar-refractivity contribution < 1.29 is 22.3 Å². The van der Waals surface area contributed by atoms with Crippen LogP contribution >= 0.6 is 0 Å². The van der Waals surface area contributed by atoms with E-state index in [-0.39, 0.29) is 30.0 Å². The van der Waals surface area contributed by atoms with Crippen molar-refractivity contribution in [2.75, 3.05) is 26.2 Å². The number of aromatic nitrogens is 1. The summed E-state index contributed by atoms with van der Waals surface area (Å²) < 4.78 is 66.2. The Bertz CT molecular complexity index is 1260. The molecule has 5 rings (SSSR count). The maximum atomic E-state index is 15.7. The highest BCUT2D eigenvalue weighted by atomic mass is 19.1. The van der Waals surface area contributed by atoms with Gasteiger partial charge in [-0.15, -0.1) is 0 Å². The number of likely N-dealkylation sites (tertiary alicyclic amines) is 1. The molecule has 0 spiro atoms. The lowest BCUT2D eigenvalue weighted by molar-refractivity contribution is 0.0188. The van der Waals surface area contributed by atoms with Crippen molar-refractivity contribution in [1.82, 2.24) is 14.8 Å². The van der Waals surface area contributed by atoms with Crippen molar-refractivity contribution in [3.8, 4) is 5.75 Å². The van der Waals surface area contributed by atoms with Crippen LogP contribution in [-0.2, 0) is 6.42 Å². The Kier molecular flexibility index (Phi) is 7.00. The second kappa shape index (κ2) is 9.95. The summed E-state index contributed by atoms with van der Waals surface area (Å²) in [5, 5.41) is 0.811. The summed E-state index contributed by atoms with van der Waals surface area (Å²) in [5.41, 5.74) is 0.254. The maximum Gasteiger partial charge on any atom is 0.135 e. The fourth-order valence-corrected chi connectivity index (χ4v) is 5.77. The monoisotopic (exact) mass is 517 g/mol. The minimum absolute atomic E-state index is 0.0190. The topological polar surface area (TPSA) is 31.5 Å². The fourth-order valence-electron chi connectivity index (χ4n) is 5.77. The highest BCUT2D eigenvalue weighted by Crippen LogP contribution is 2.44. The zero-order chi connectivity index (χ0) is 26.5. The van der Waals surface area contributed by atoms with Crippen molar-refractivity contribution in [3.63, 3.8) is 0 Å². The van der Waals surface area contributed by atoms with Gasteiger partial charge in [0.25, 0.3) is 0 Å². The molecule has 0 bridgehead atoms. The Morgan fingerprint density at radius 2 is 1.78 bits per heavy atom. The van der Waals surface area contributed by atoms with Crippen molar-refractivity contribution in [2.45, 2.75) is 70.8 Å². The van der Waals surface area contributed by atoms with Crippen LogP contribution in [0.1, 0.15) is 63.4 Å². The maximum absolute atomic E-state index is 15.7. The molecule has 2 aliphatic rings. The van der Waals surface area contributed by atoms with E-state index in [2.05, 4.69) is 16.8 Å². The number of nitrogens with zero attached hydrogens (tertiary/aromatic N) is 2. The number of hydrogen-bond acceptors (Lipinski definition) is 3. The van der Waals surface area contributed by atoms with E-state index in [1.807, 2.05) is 6.92 Å². The third kappa shape index (κ3) is 5.23. The van der Waals surface area contributed by atoms with Crippen LogP contribution < -0.4 is 4.74 Å². The lowest BCUT2D eigenvalue weighted by Crippen LogP contribution is -2.53. The number of alkyl halides is 1. The van der Waals surface area contributed by atoms with Gasteiger partial charge < -0.3 is 9.72 Å². The standard InChI is InChI=1S/C29H35F4N3O/c1-5-6-9-35-14-20(15-35)37-19-12-23(31)26(24(32)13-19)28-27-22(10-17(2)36(28)16-29(3,4)33)21-8-7-18(30)11-25(21)34-27/h7-8,11-13,17,20,28,34H,5-6,9-10,14-16H2,1-4H3/t17-,28-/m1/s1. The Morgan fingerprint density at radius 3 is 2.43 bits per heavy atom. The van der Waals surface area contributed by atoms with Crippen LogP contribution in [0.25, 0.3) is 10.9 Å². The van der Waals surface area contributed by atoms with E-state index in [4.69, 9.17) is 4.74 Å². The number of halogens is 4. The number of aromatic amines is 1. The van der Waals surface area contributed by atoms with E-state index in [9.17, 15) is 8.78 Å². The van der Waals surface area contributed by atoms with Crippen LogP contribution in [0.3, 0.4) is 0 Å². The lowest BCUT2D eigenvalue weighted by Gasteiger charge is -2.43. The molecule has 3 aromatic rings. The number of unbranched alkanes of at least 4 members (excludes halogenated alkanes) is 1. The molecule has 1 fully saturated rings. The molecule has 0 aliphatic carbocycles. The number of ether oxygens (including phenoxy) is 1. The molecule has 2 aliphatic heterocycles. The van der Waals surface area contributed by atoms with Gasteiger partial charge in [-0.3, -0.25) is 9.80 Å². The molecule has 2 atom stereocenters. The Hall–Kier alpha value is -2.58. The Morgan fingerprint density at radius 1 is 1.08 bits per heavy atom. The van der Waals surface area contributed by atoms with Gasteiger partial charge in [0, 0.05) is 60.0 Å². The second-order valence-electron chi connectivity index (χ2n) is 11.2. The molecule has 37 heavy (non-hydrogen) atoms. The molecule has 1 aromatic heterocycles. The van der Waals surface area contributed by atoms with E-state index in [1.165, 1.54) is 38.1 Å². The molecule has 2 aromatic carbocycles. The second-order valence-corrected chi connectivity index (χ2v) is 11.2. The third-order valence-corrected chi connectivity index (χ3v) is 7.51. The van der Waals surface area contributed by atoms with Crippen LogP contribution in [0.4, 0.5) is 17.6 Å². The Balaban J connectivity index is 1.51. The van der Waals surface area contributed by atoms with Gasteiger partial charge in [-0.2, -0.15) is 0 Å². The number of benzene rings is 2. The molecule has 8 heteroatoms. The SMILES string of the molecule is CCCCN1CC(Oc2cc(F)c([C@@H]3c4[nH]c5cc(F)ccc5c4C[C@@H](C)N3CC(C)(C)F)c(F)c2)C1. The molecular weight excluding hydrogens is 482 g/mol. The van der Waals surface area contributed by atoms with E-state index >= 15 is 8.78 Å². The van der Waals surface area contributed by atoms with E-state index < -0.39 is 29.2 Å². The summed E-state index contributed by atoms with van der Waals surface area (Å²) >= 11 is 0. The molecular formula is C29H35F4N3O. The van der Waals surface area contributed by atoms with E-state index in [1.54, 1.807) is 11.0 Å². The molecule has 1 saturated heterocycles. The van der Waals surface area contributed by atoms with Crippen molar-refractivity contribution in [3.05, 3.63) is 64.6 Å². The predicted octanol–water partition coefficient (Wildman–Crippen LogP) is 6.53. The zero-order valence-electron chi connectivity index (χ0n) is 21.9. The van der Waals surface area contributed by atoms with Crippen LogP contribution in [0.2, 0.25) is 0 Å². The average Bonchev–Trinajstić information content (AvgIpc) is 3.12. The number of fused-ring (bicyclic) bond motifs is 3. The van der Waals surface area contributed by atoms with Gasteiger partial charge in [0.05, 0.1) is 6.04 Å². The minimum atomic E-state index is -1.59. The molecule has 1 N–H and O–H groups in total. The van der Waals surface area contributed by atoms with Gasteiger partial charge in [-0.25, -0.2) is 17.6 Å². The highest BCUT2D eigenvalue weighted by molar-refractivity contribution is 5.85. The molecule has 200 valence electrons. The van der Waals surface area contributed by atoms with Crippen molar-refractivity contribution >= 4 is 10.9 Å². The quantitative estimate of drug-likeness (QED) is 0.345. The highest BCUT2D eigenvalue weighted by Gasteiger charge is 2.41. The van der Waals surface area contributed by atoms with Crippen LogP contribution in [-0.4, -0.2) is 58.8 Å². The minimum Gasteiger partial charge on any atom is -0.488 e. The Labute approximate surface area is 215 Å². The molecule has 0 radical (unpaired) electrons. The largest absolute Gasteiger partial charge is 0.488 e. The number of rotatable bonds is 8. The number of H-pyrrole nitrogens is 1. The first-order chi connectivity index (χ1) is 17.5. The van der Waals surface area contributed by atoms with Crippen LogP contribution in [0.15, 0.2) is 30.3 Å². The van der Waals surface area contributed by atoms with Gasteiger partial charge >= 0.3 is 0 Å². The first-order valence-electron chi connectivity index (χ1n) is 13.2. The number of hydrogen-bond donors (Lipinski definition) is 1. The summed E-state index contributed by atoms with van der Waals surface area (Å²) in [5.74, 6) is -1.73. The average molecular weight is 518 g/mol.